The molecule has 0 aliphatic carbocycles. The van der Waals surface area contributed by atoms with Crippen LogP contribution in [0.15, 0.2) is 30.3 Å². The fraction of sp³-hybridized carbons (Fsp3) is 0.438. The van der Waals surface area contributed by atoms with Gasteiger partial charge in [-0.15, -0.1) is 0 Å². The van der Waals surface area contributed by atoms with Gasteiger partial charge in [-0.2, -0.15) is 0 Å². The predicted molar refractivity (Wildman–Crippen MR) is 86.6 cm³/mol. The van der Waals surface area contributed by atoms with Crippen LogP contribution in [0.5, 0.6) is 0 Å². The van der Waals surface area contributed by atoms with Gasteiger partial charge in [0.25, 0.3) is 0 Å². The van der Waals surface area contributed by atoms with Crippen LogP contribution in [0, 0.1) is 6.92 Å². The highest BCUT2D eigenvalue weighted by atomic mass is 32.2. The normalized spacial score (nSPS) is 20.6. The highest BCUT2D eigenvalue weighted by molar-refractivity contribution is 7.92. The highest BCUT2D eigenvalue weighted by Gasteiger charge is 2.40. The summed E-state index contributed by atoms with van der Waals surface area (Å²) in [5.74, 6) is 1.06. The summed E-state index contributed by atoms with van der Waals surface area (Å²) in [4.78, 5) is 6.79. The van der Waals surface area contributed by atoms with Gasteiger partial charge in [-0.1, -0.05) is 18.2 Å². The monoisotopic (exact) mass is 304 g/mol. The zero-order chi connectivity index (χ0) is 15.3. The molecule has 2 aromatic rings. The topological polar surface area (TPSA) is 50.3 Å². The van der Waals surface area contributed by atoms with E-state index in [2.05, 4.69) is 24.0 Å². The van der Waals surface area contributed by atoms with Crippen molar-refractivity contribution in [3.63, 3.8) is 0 Å². The second kappa shape index (κ2) is 4.70. The fourth-order valence-corrected chi connectivity index (χ4v) is 4.20. The van der Waals surface area contributed by atoms with Crippen molar-refractivity contribution in [3.8, 4) is 0 Å². The summed E-state index contributed by atoms with van der Waals surface area (Å²) in [6.45, 7) is 6.65. The maximum Gasteiger partial charge on any atom is 0.158 e. The number of nitrogens with zero attached hydrogens (tertiary/aromatic N) is 2. The molecule has 0 bridgehead atoms. The Hall–Kier alpha value is -1.62. The van der Waals surface area contributed by atoms with Crippen molar-refractivity contribution in [1.82, 2.24) is 4.98 Å². The van der Waals surface area contributed by atoms with Crippen molar-refractivity contribution < 1.29 is 8.42 Å². The second-order valence-corrected chi connectivity index (χ2v) is 9.06. The predicted octanol–water partition coefficient (Wildman–Crippen LogP) is 2.56. The van der Waals surface area contributed by atoms with Crippen LogP contribution in [0.3, 0.4) is 0 Å². The van der Waals surface area contributed by atoms with Gasteiger partial charge in [0.1, 0.15) is 5.82 Å². The lowest BCUT2D eigenvalue weighted by Crippen LogP contribution is -2.53. The average molecular weight is 304 g/mol. The molecule has 21 heavy (non-hydrogen) atoms. The Morgan fingerprint density at radius 3 is 2.67 bits per heavy atom. The van der Waals surface area contributed by atoms with Crippen LogP contribution < -0.4 is 4.90 Å². The van der Waals surface area contributed by atoms with Gasteiger partial charge in [-0.05, 0) is 38.5 Å². The number of rotatable bonds is 1. The van der Waals surface area contributed by atoms with E-state index in [9.17, 15) is 8.42 Å². The number of fused-ring (bicyclic) bond motifs is 1. The first-order valence-corrected chi connectivity index (χ1v) is 8.79. The lowest BCUT2D eigenvalue weighted by atomic mass is 10.1. The Kier molecular flexibility index (Phi) is 3.20. The highest BCUT2D eigenvalue weighted by Crippen LogP contribution is 2.29. The molecule has 1 fully saturated rings. The van der Waals surface area contributed by atoms with Crippen LogP contribution in [-0.2, 0) is 9.84 Å². The standard InChI is InChI=1S/C16H20N2O2S/c1-12-10-15(17-14-7-5-4-6-13(12)14)18-8-9-21(19,20)16(2,3)11-18/h4-7,10H,8-9,11H2,1-3H3. The van der Waals surface area contributed by atoms with E-state index in [0.29, 0.717) is 13.1 Å². The zero-order valence-electron chi connectivity index (χ0n) is 12.6. The molecule has 1 aromatic carbocycles. The van der Waals surface area contributed by atoms with E-state index in [1.165, 1.54) is 5.56 Å². The number of hydrogen-bond donors (Lipinski definition) is 0. The SMILES string of the molecule is Cc1cc(N2CCS(=O)(=O)C(C)(C)C2)nc2ccccc12. The summed E-state index contributed by atoms with van der Waals surface area (Å²) in [7, 11) is -3.02. The van der Waals surface area contributed by atoms with Gasteiger partial charge < -0.3 is 4.90 Å². The van der Waals surface area contributed by atoms with Crippen LogP contribution >= 0.6 is 0 Å². The van der Waals surface area contributed by atoms with E-state index in [1.54, 1.807) is 13.8 Å². The molecule has 1 saturated heterocycles. The van der Waals surface area contributed by atoms with Crippen LogP contribution in [-0.4, -0.2) is 37.0 Å². The quantitative estimate of drug-likeness (QED) is 0.812. The number of aromatic nitrogens is 1. The summed E-state index contributed by atoms with van der Waals surface area (Å²) >= 11 is 0. The molecule has 1 aliphatic rings. The Morgan fingerprint density at radius 2 is 1.95 bits per heavy atom. The molecule has 1 aromatic heterocycles. The van der Waals surface area contributed by atoms with E-state index in [1.807, 2.05) is 18.2 Å². The molecule has 0 radical (unpaired) electrons. The fourth-order valence-electron chi connectivity index (χ4n) is 2.83. The summed E-state index contributed by atoms with van der Waals surface area (Å²) in [6, 6.07) is 10.1. The first-order chi connectivity index (χ1) is 9.80. The molecule has 0 spiro atoms. The molecule has 0 atom stereocenters. The summed E-state index contributed by atoms with van der Waals surface area (Å²) < 4.78 is 23.5. The molecule has 4 nitrogen and oxygen atoms in total. The molecule has 0 saturated carbocycles. The number of aryl methyl sites for hydroxylation is 1. The van der Waals surface area contributed by atoms with Crippen molar-refractivity contribution >= 4 is 26.6 Å². The second-order valence-electron chi connectivity index (χ2n) is 6.31. The molecule has 1 aliphatic heterocycles. The molecule has 2 heterocycles. The molecular weight excluding hydrogens is 284 g/mol. The Morgan fingerprint density at radius 1 is 1.24 bits per heavy atom. The molecule has 5 heteroatoms. The molecular formula is C16H20N2O2S. The van der Waals surface area contributed by atoms with Crippen molar-refractivity contribution in [2.24, 2.45) is 0 Å². The molecule has 0 N–H and O–H groups in total. The van der Waals surface area contributed by atoms with Crippen molar-refractivity contribution in [3.05, 3.63) is 35.9 Å². The third kappa shape index (κ3) is 2.39. The zero-order valence-corrected chi connectivity index (χ0v) is 13.4. The lowest BCUT2D eigenvalue weighted by molar-refractivity contribution is 0.521. The molecule has 3 rings (SSSR count). The van der Waals surface area contributed by atoms with Gasteiger partial charge in [-0.25, -0.2) is 13.4 Å². The number of para-hydroxylation sites is 1. The maximum absolute atomic E-state index is 12.1. The number of anilines is 1. The van der Waals surface area contributed by atoms with Gasteiger partial charge in [-0.3, -0.25) is 0 Å². The summed E-state index contributed by atoms with van der Waals surface area (Å²) in [5.41, 5.74) is 2.13. The minimum atomic E-state index is -3.02. The van der Waals surface area contributed by atoms with Crippen LogP contribution in [0.4, 0.5) is 5.82 Å². The number of sulfone groups is 1. The van der Waals surface area contributed by atoms with E-state index in [0.717, 1.165) is 16.7 Å². The largest absolute Gasteiger partial charge is 0.354 e. The first kappa shape index (κ1) is 14.3. The third-order valence-corrected chi connectivity index (χ3v) is 6.81. The van der Waals surface area contributed by atoms with Crippen molar-refractivity contribution in [2.45, 2.75) is 25.5 Å². The smallest absolute Gasteiger partial charge is 0.158 e. The van der Waals surface area contributed by atoms with Crippen LogP contribution in [0.1, 0.15) is 19.4 Å². The van der Waals surface area contributed by atoms with E-state index >= 15 is 0 Å². The summed E-state index contributed by atoms with van der Waals surface area (Å²) in [5, 5.41) is 1.14. The maximum atomic E-state index is 12.1. The number of benzene rings is 1. The molecule has 0 amide bonds. The minimum Gasteiger partial charge on any atom is -0.354 e. The van der Waals surface area contributed by atoms with E-state index < -0.39 is 14.6 Å². The minimum absolute atomic E-state index is 0.188. The van der Waals surface area contributed by atoms with Gasteiger partial charge in [0.15, 0.2) is 9.84 Å². The number of hydrogen-bond acceptors (Lipinski definition) is 4. The van der Waals surface area contributed by atoms with Gasteiger partial charge in [0.05, 0.1) is 16.0 Å². The van der Waals surface area contributed by atoms with Gasteiger partial charge in [0, 0.05) is 18.5 Å². The van der Waals surface area contributed by atoms with Crippen LogP contribution in [0.25, 0.3) is 10.9 Å². The lowest BCUT2D eigenvalue weighted by Gasteiger charge is -2.38. The van der Waals surface area contributed by atoms with Crippen LogP contribution in [0.2, 0.25) is 0 Å². The molecule has 0 unspecified atom stereocenters. The Bertz CT molecular complexity index is 797. The summed E-state index contributed by atoms with van der Waals surface area (Å²) in [6.07, 6.45) is 0. The Balaban J connectivity index is 2.02. The Labute approximate surface area is 125 Å². The van der Waals surface area contributed by atoms with Crippen molar-refractivity contribution in [1.29, 1.82) is 0 Å². The van der Waals surface area contributed by atoms with E-state index in [4.69, 9.17) is 4.98 Å². The van der Waals surface area contributed by atoms with Gasteiger partial charge in [0.2, 0.25) is 0 Å². The average Bonchev–Trinajstić information content (AvgIpc) is 2.42. The number of pyridine rings is 1. The van der Waals surface area contributed by atoms with Gasteiger partial charge >= 0.3 is 0 Å². The van der Waals surface area contributed by atoms with E-state index in [-0.39, 0.29) is 5.75 Å². The molecule has 112 valence electrons. The van der Waals surface area contributed by atoms with Crippen molar-refractivity contribution in [2.75, 3.05) is 23.7 Å². The third-order valence-electron chi connectivity index (χ3n) is 4.28. The first-order valence-electron chi connectivity index (χ1n) is 7.14.